The lowest BCUT2D eigenvalue weighted by Gasteiger charge is -2.47. The average Bonchev–Trinajstić information content (AvgIpc) is 2.66. The first-order valence-electron chi connectivity index (χ1n) is 12.4. The van der Waals surface area contributed by atoms with Crippen molar-refractivity contribution < 1.29 is 25.0 Å². The molecule has 0 N–H and O–H groups in total. The van der Waals surface area contributed by atoms with E-state index in [-0.39, 0.29) is 0 Å². The fourth-order valence-electron chi connectivity index (χ4n) is 4.09. The van der Waals surface area contributed by atoms with E-state index in [1.165, 1.54) is 57.8 Å². The third-order valence-electron chi connectivity index (χ3n) is 5.32. The largest absolute Gasteiger partial charge is 0.500 e. The van der Waals surface area contributed by atoms with Crippen LogP contribution in [0.2, 0.25) is 45.3 Å². The summed E-state index contributed by atoms with van der Waals surface area (Å²) in [5, 5.41) is 0. The van der Waals surface area contributed by atoms with Crippen molar-refractivity contribution in [2.24, 2.45) is 0 Å². The van der Waals surface area contributed by atoms with Crippen LogP contribution in [0.25, 0.3) is 0 Å². The predicted molar refractivity (Wildman–Crippen MR) is 143 cm³/mol. The highest BCUT2D eigenvalue weighted by Gasteiger charge is 2.59. The van der Waals surface area contributed by atoms with Crippen LogP contribution in [0.4, 0.5) is 0 Å². The third-order valence-corrected chi connectivity index (χ3v) is 22.8. The minimum absolute atomic E-state index is 0.805. The molecule has 1 saturated heterocycles. The van der Waals surface area contributed by atoms with Crippen LogP contribution in [-0.4, -0.2) is 50.9 Å². The van der Waals surface area contributed by atoms with Gasteiger partial charge in [-0.15, -0.1) is 6.58 Å². The summed E-state index contributed by atoms with van der Waals surface area (Å²) >= 11 is 0. The van der Waals surface area contributed by atoms with E-state index in [4.69, 9.17) is 25.0 Å². The zero-order valence-corrected chi connectivity index (χ0v) is 27.0. The maximum atomic E-state index is 6.66. The maximum Gasteiger partial charge on any atom is 0.500 e. The van der Waals surface area contributed by atoms with Crippen LogP contribution in [0.5, 0.6) is 0 Å². The van der Waals surface area contributed by atoms with Gasteiger partial charge in [0.15, 0.2) is 9.04 Å². The van der Waals surface area contributed by atoms with E-state index in [1.54, 1.807) is 12.8 Å². The van der Waals surface area contributed by atoms with Crippen molar-refractivity contribution >= 4 is 43.8 Å². The number of hydrogen-bond donors (Lipinski definition) is 0. The van der Waals surface area contributed by atoms with E-state index in [0.717, 1.165) is 12.5 Å². The summed E-state index contributed by atoms with van der Waals surface area (Å²) in [5.41, 5.74) is 1.74. The van der Waals surface area contributed by atoms with Crippen LogP contribution >= 0.6 is 0 Å². The molecule has 0 atom stereocenters. The molecule has 0 aromatic rings. The lowest BCUT2D eigenvalue weighted by Crippen LogP contribution is -2.69. The van der Waals surface area contributed by atoms with Crippen molar-refractivity contribution in [3.63, 3.8) is 0 Å². The molecule has 0 saturated carbocycles. The highest BCUT2D eigenvalue weighted by Crippen LogP contribution is 2.35. The Balaban J connectivity index is 2.69. The van der Waals surface area contributed by atoms with Crippen molar-refractivity contribution in [3.8, 4) is 0 Å². The predicted octanol–water partition coefficient (Wildman–Crippen LogP) is 6.91. The van der Waals surface area contributed by atoms with Crippen LogP contribution < -0.4 is 0 Å². The van der Waals surface area contributed by atoms with Gasteiger partial charge in [0.25, 0.3) is 0 Å². The Bertz CT molecular complexity index is 527. The highest BCUT2D eigenvalue weighted by molar-refractivity contribution is 6.93. The van der Waals surface area contributed by atoms with Crippen LogP contribution in [0, 0.1) is 0 Å². The van der Waals surface area contributed by atoms with Crippen molar-refractivity contribution in [1.82, 2.24) is 0 Å². The standard InChI is InChI=1S/C21H49O6Si5/c1-10-12-13-14-15-16-17-18-19-20-21-32(22-3)26-29(6,7)24-31(11-2,23-28(4)5)25-30(8,9)27-32/h11H,2,10,12-21H2,1,3-9H3. The lowest BCUT2D eigenvalue weighted by atomic mass is 10.1. The summed E-state index contributed by atoms with van der Waals surface area (Å²) < 4.78 is 38.7. The van der Waals surface area contributed by atoms with E-state index in [1.807, 2.05) is 26.2 Å². The number of unbranched alkanes of at least 4 members (excludes halogenated alkanes) is 9. The average molecular weight is 538 g/mol. The van der Waals surface area contributed by atoms with Crippen LogP contribution in [0.1, 0.15) is 71.1 Å². The minimum atomic E-state index is -3.06. The Morgan fingerprint density at radius 2 is 1.19 bits per heavy atom. The van der Waals surface area contributed by atoms with Crippen LogP contribution in [0.3, 0.4) is 0 Å². The highest BCUT2D eigenvalue weighted by atomic mass is 28.5. The first-order chi connectivity index (χ1) is 14.9. The van der Waals surface area contributed by atoms with Crippen LogP contribution in [0.15, 0.2) is 12.3 Å². The van der Waals surface area contributed by atoms with Gasteiger partial charge < -0.3 is 25.0 Å². The molecule has 11 heteroatoms. The molecular formula is C21H49O6Si5. The molecule has 1 heterocycles. The van der Waals surface area contributed by atoms with Gasteiger partial charge in [0.05, 0.1) is 0 Å². The summed E-state index contributed by atoms with van der Waals surface area (Å²) in [6.45, 7) is 18.6. The third kappa shape index (κ3) is 11.3. The second kappa shape index (κ2) is 14.2. The van der Waals surface area contributed by atoms with Gasteiger partial charge in [-0.1, -0.05) is 64.7 Å². The van der Waals surface area contributed by atoms with Gasteiger partial charge in [0.2, 0.25) is 0 Å². The first kappa shape index (κ1) is 30.6. The molecule has 0 amide bonds. The minimum Gasteiger partial charge on any atom is -0.413 e. The summed E-state index contributed by atoms with van der Waals surface area (Å²) in [4.78, 5) is 0. The monoisotopic (exact) mass is 537 g/mol. The smallest absolute Gasteiger partial charge is 0.413 e. The molecule has 0 spiro atoms. The van der Waals surface area contributed by atoms with Gasteiger partial charge in [0.1, 0.15) is 0 Å². The van der Waals surface area contributed by atoms with Crippen molar-refractivity contribution in [2.45, 2.75) is 116 Å². The zero-order valence-electron chi connectivity index (χ0n) is 22.0. The molecule has 1 fully saturated rings. The molecule has 189 valence electrons. The molecule has 1 rings (SSSR count). The molecule has 32 heavy (non-hydrogen) atoms. The molecule has 0 aromatic heterocycles. The second-order valence-electron chi connectivity index (χ2n) is 9.85. The normalized spacial score (nSPS) is 27.8. The SMILES string of the molecule is C=C[Si]1(O[Si](C)C)O[Si](C)(C)O[Si](CCCCCCCCCCCC)(OC)O[Si](C)(C)O1. The van der Waals surface area contributed by atoms with E-state index in [9.17, 15) is 0 Å². The van der Waals surface area contributed by atoms with E-state index >= 15 is 0 Å². The Labute approximate surface area is 204 Å². The quantitative estimate of drug-likeness (QED) is 0.167. The summed E-state index contributed by atoms with van der Waals surface area (Å²) in [6, 6.07) is 0.805. The molecule has 1 radical (unpaired) electrons. The number of rotatable bonds is 15. The van der Waals surface area contributed by atoms with Gasteiger partial charge in [-0.25, -0.2) is 0 Å². The topological polar surface area (TPSA) is 55.4 Å². The zero-order chi connectivity index (χ0) is 24.3. The molecule has 6 nitrogen and oxygen atoms in total. The summed E-state index contributed by atoms with van der Waals surface area (Å²) in [7, 11) is -10.5. The molecule has 0 unspecified atom stereocenters. The van der Waals surface area contributed by atoms with E-state index < -0.39 is 43.8 Å². The summed E-state index contributed by atoms with van der Waals surface area (Å²) in [6.07, 6.45) is 13.0. The Kier molecular flexibility index (Phi) is 13.6. The lowest BCUT2D eigenvalue weighted by molar-refractivity contribution is 0.128. The van der Waals surface area contributed by atoms with E-state index in [2.05, 4.69) is 26.6 Å². The Hall–Kier alpha value is 0.584. The maximum absolute atomic E-state index is 6.66. The number of hydrogen-bond acceptors (Lipinski definition) is 6. The molecular weight excluding hydrogens is 489 g/mol. The van der Waals surface area contributed by atoms with Crippen molar-refractivity contribution in [3.05, 3.63) is 12.3 Å². The van der Waals surface area contributed by atoms with Crippen molar-refractivity contribution in [1.29, 1.82) is 0 Å². The molecule has 0 aromatic carbocycles. The second-order valence-corrected chi connectivity index (χ2v) is 25.2. The molecule has 1 aliphatic rings. The first-order valence-corrected chi connectivity index (χ1v) is 24.2. The van der Waals surface area contributed by atoms with Gasteiger partial charge in [0, 0.05) is 13.2 Å². The fourth-order valence-corrected chi connectivity index (χ4v) is 24.5. The molecule has 1 aliphatic heterocycles. The van der Waals surface area contributed by atoms with Gasteiger partial charge in [-0.05, 0) is 51.4 Å². The summed E-state index contributed by atoms with van der Waals surface area (Å²) in [5.74, 6) is 0. The Morgan fingerprint density at radius 3 is 1.56 bits per heavy atom. The Morgan fingerprint density at radius 1 is 0.750 bits per heavy atom. The van der Waals surface area contributed by atoms with Gasteiger partial charge >= 0.3 is 34.7 Å². The molecule has 0 bridgehead atoms. The fraction of sp³-hybridized carbons (Fsp3) is 0.905. The van der Waals surface area contributed by atoms with Crippen LogP contribution in [-0.2, 0) is 25.0 Å². The van der Waals surface area contributed by atoms with Gasteiger partial charge in [-0.3, -0.25) is 0 Å². The molecule has 0 aliphatic carbocycles. The van der Waals surface area contributed by atoms with Gasteiger partial charge in [-0.2, -0.15) is 0 Å². The van der Waals surface area contributed by atoms with E-state index in [0.29, 0.717) is 0 Å². The van der Waals surface area contributed by atoms with Crippen molar-refractivity contribution in [2.75, 3.05) is 7.11 Å².